The molecule has 0 aliphatic heterocycles. The Bertz CT molecular complexity index is 1650. The molecule has 0 heterocycles. The van der Waals surface area contributed by atoms with Gasteiger partial charge in [0.1, 0.15) is 13.2 Å². The zero-order chi connectivity index (χ0) is 57.8. The Morgan fingerprint density at radius 2 is 0.487 bits per heavy atom. The van der Waals surface area contributed by atoms with Crippen LogP contribution in [0.4, 0.5) is 0 Å². The number of hydrogen-bond acceptors (Lipinski definition) is 6. The molecule has 1 unspecified atom stereocenters. The van der Waals surface area contributed by atoms with Gasteiger partial charge in [-0.15, -0.1) is 0 Å². The van der Waals surface area contributed by atoms with E-state index in [1.165, 1.54) is 148 Å². The first kappa shape index (κ1) is 75.8. The van der Waals surface area contributed by atoms with Gasteiger partial charge in [-0.1, -0.05) is 316 Å². The number of esters is 3. The molecule has 456 valence electrons. The van der Waals surface area contributed by atoms with Gasteiger partial charge >= 0.3 is 17.9 Å². The van der Waals surface area contributed by atoms with E-state index in [4.69, 9.17) is 14.2 Å². The molecule has 0 saturated carbocycles. The van der Waals surface area contributed by atoms with Gasteiger partial charge in [0.15, 0.2) is 6.10 Å². The van der Waals surface area contributed by atoms with Crippen LogP contribution < -0.4 is 0 Å². The average molecular weight is 1110 g/mol. The SMILES string of the molecule is CC/C=C\C/C=C\C/C=C\C/C=C\C/C=C\C/C=C\C/C=C\C/C=C\C/C=C\C/C=C\CCCCC(=O)OCC(COC(=O)CCCCCCCCC)OC(=O)CCCCCCCCCCCCCCCCCCCCCCCC. The van der Waals surface area contributed by atoms with Crippen molar-refractivity contribution in [2.24, 2.45) is 0 Å². The molecule has 6 nitrogen and oxygen atoms in total. The van der Waals surface area contributed by atoms with Crippen molar-refractivity contribution < 1.29 is 28.6 Å². The number of unbranched alkanes of at least 4 members (excludes halogenated alkanes) is 29. The van der Waals surface area contributed by atoms with E-state index in [1.807, 2.05) is 0 Å². The summed E-state index contributed by atoms with van der Waals surface area (Å²) in [6.45, 7) is 6.47. The summed E-state index contributed by atoms with van der Waals surface area (Å²) >= 11 is 0. The van der Waals surface area contributed by atoms with Crippen molar-refractivity contribution in [2.75, 3.05) is 13.2 Å². The van der Waals surface area contributed by atoms with E-state index in [2.05, 4.69) is 142 Å². The fourth-order valence-corrected chi connectivity index (χ4v) is 9.24. The van der Waals surface area contributed by atoms with E-state index in [0.29, 0.717) is 19.3 Å². The van der Waals surface area contributed by atoms with Gasteiger partial charge in [0.05, 0.1) is 0 Å². The van der Waals surface area contributed by atoms with Crippen LogP contribution in [0.15, 0.2) is 122 Å². The van der Waals surface area contributed by atoms with Gasteiger partial charge in [-0.25, -0.2) is 0 Å². The van der Waals surface area contributed by atoms with Gasteiger partial charge in [0, 0.05) is 19.3 Å². The first-order valence-electron chi connectivity index (χ1n) is 33.5. The molecule has 0 aromatic carbocycles. The Morgan fingerprint density at radius 3 is 0.762 bits per heavy atom. The second-order valence-corrected chi connectivity index (χ2v) is 22.0. The third-order valence-electron chi connectivity index (χ3n) is 14.2. The molecular weight excluding hydrogens is 985 g/mol. The Morgan fingerprint density at radius 1 is 0.263 bits per heavy atom. The molecule has 0 saturated heterocycles. The van der Waals surface area contributed by atoms with Crippen molar-refractivity contribution in [3.8, 4) is 0 Å². The van der Waals surface area contributed by atoms with Crippen molar-refractivity contribution in [2.45, 2.75) is 316 Å². The quantitative estimate of drug-likeness (QED) is 0.0261. The summed E-state index contributed by atoms with van der Waals surface area (Å²) in [7, 11) is 0. The minimum absolute atomic E-state index is 0.0904. The zero-order valence-electron chi connectivity index (χ0n) is 52.3. The number of hydrogen-bond donors (Lipinski definition) is 0. The molecule has 0 rings (SSSR count). The largest absolute Gasteiger partial charge is 0.462 e. The minimum Gasteiger partial charge on any atom is -0.462 e. The molecule has 0 bridgehead atoms. The lowest BCUT2D eigenvalue weighted by Gasteiger charge is -2.18. The van der Waals surface area contributed by atoms with Crippen molar-refractivity contribution >= 4 is 17.9 Å². The van der Waals surface area contributed by atoms with Crippen LogP contribution in [0.5, 0.6) is 0 Å². The van der Waals surface area contributed by atoms with Crippen LogP contribution in [-0.4, -0.2) is 37.2 Å². The van der Waals surface area contributed by atoms with Crippen LogP contribution in [0.25, 0.3) is 0 Å². The van der Waals surface area contributed by atoms with Crippen LogP contribution in [0.2, 0.25) is 0 Å². The third kappa shape index (κ3) is 64.6. The molecule has 0 amide bonds. The molecule has 0 radical (unpaired) electrons. The highest BCUT2D eigenvalue weighted by atomic mass is 16.6. The summed E-state index contributed by atoms with van der Waals surface area (Å²) in [6.07, 6.45) is 93.9. The van der Waals surface area contributed by atoms with E-state index >= 15 is 0 Å². The third-order valence-corrected chi connectivity index (χ3v) is 14.2. The van der Waals surface area contributed by atoms with Crippen LogP contribution in [0.1, 0.15) is 310 Å². The van der Waals surface area contributed by atoms with E-state index in [9.17, 15) is 14.4 Å². The Labute approximate surface area is 494 Å². The maximum atomic E-state index is 12.9. The molecule has 0 aromatic rings. The lowest BCUT2D eigenvalue weighted by Crippen LogP contribution is -2.30. The number of allylic oxidation sites excluding steroid dienone is 20. The fraction of sp³-hybridized carbons (Fsp3) is 0.689. The van der Waals surface area contributed by atoms with Crippen LogP contribution >= 0.6 is 0 Å². The van der Waals surface area contributed by atoms with Crippen LogP contribution in [-0.2, 0) is 28.6 Å². The summed E-state index contributed by atoms with van der Waals surface area (Å²) < 4.78 is 16.8. The standard InChI is InChI=1S/C74H124O6/c1-4-7-10-13-16-18-20-22-24-26-28-30-32-33-34-35-36-37-38-39-40-41-42-44-45-47-49-51-53-55-58-61-64-67-73(76)79-70-71(69-78-72(75)66-63-60-57-15-12-9-6-3)80-74(77)68-65-62-59-56-54-52-50-48-46-43-31-29-27-25-23-21-19-17-14-11-8-5-2/h7,10,16,18,22,24,28,30,33-34,36-37,39-40,42,44,47,49,53,55,71H,4-6,8-9,11-15,17,19-21,23,25-27,29,31-32,35,38,41,43,45-46,48,50-52,54,56-70H2,1-3H3/b10-7-,18-16-,24-22-,30-28-,34-33-,37-36-,40-39-,44-42-,49-47-,55-53-. The monoisotopic (exact) mass is 1110 g/mol. The minimum atomic E-state index is -0.794. The number of carbonyl (C=O) groups excluding carboxylic acids is 3. The highest BCUT2D eigenvalue weighted by Crippen LogP contribution is 2.17. The Kier molecular flexibility index (Phi) is 63.8. The first-order chi connectivity index (χ1) is 39.5. The van der Waals surface area contributed by atoms with Crippen LogP contribution in [0.3, 0.4) is 0 Å². The molecular formula is C74H124O6. The summed E-state index contributed by atoms with van der Waals surface area (Å²) in [6, 6.07) is 0. The van der Waals surface area contributed by atoms with Gasteiger partial charge in [-0.05, 0) is 96.3 Å². The van der Waals surface area contributed by atoms with E-state index in [0.717, 1.165) is 122 Å². The summed E-state index contributed by atoms with van der Waals surface area (Å²) in [5.41, 5.74) is 0. The zero-order valence-corrected chi connectivity index (χ0v) is 52.3. The smallest absolute Gasteiger partial charge is 0.306 e. The second kappa shape index (κ2) is 67.3. The van der Waals surface area contributed by atoms with Crippen molar-refractivity contribution in [3.05, 3.63) is 122 Å². The summed E-state index contributed by atoms with van der Waals surface area (Å²) in [5.74, 6) is -0.935. The van der Waals surface area contributed by atoms with Gasteiger partial charge in [0.25, 0.3) is 0 Å². The molecule has 0 fully saturated rings. The average Bonchev–Trinajstić information content (AvgIpc) is 3.46. The molecule has 0 spiro atoms. The molecule has 1 atom stereocenters. The lowest BCUT2D eigenvalue weighted by molar-refractivity contribution is -0.167. The molecule has 80 heavy (non-hydrogen) atoms. The van der Waals surface area contributed by atoms with Crippen molar-refractivity contribution in [1.82, 2.24) is 0 Å². The molecule has 0 aromatic heterocycles. The highest BCUT2D eigenvalue weighted by molar-refractivity contribution is 5.71. The predicted molar refractivity (Wildman–Crippen MR) is 348 cm³/mol. The number of rotatable bonds is 60. The van der Waals surface area contributed by atoms with E-state index in [1.54, 1.807) is 0 Å². The van der Waals surface area contributed by atoms with Crippen molar-refractivity contribution in [3.63, 3.8) is 0 Å². The number of carbonyl (C=O) groups is 3. The van der Waals surface area contributed by atoms with Crippen LogP contribution in [0, 0.1) is 0 Å². The fourth-order valence-electron chi connectivity index (χ4n) is 9.24. The van der Waals surface area contributed by atoms with Gasteiger partial charge in [-0.2, -0.15) is 0 Å². The molecule has 0 aliphatic carbocycles. The normalized spacial score (nSPS) is 12.9. The van der Waals surface area contributed by atoms with Gasteiger partial charge in [-0.3, -0.25) is 14.4 Å². The maximum Gasteiger partial charge on any atom is 0.306 e. The highest BCUT2D eigenvalue weighted by Gasteiger charge is 2.19. The summed E-state index contributed by atoms with van der Waals surface area (Å²) in [4.78, 5) is 38.1. The van der Waals surface area contributed by atoms with E-state index < -0.39 is 6.10 Å². The topological polar surface area (TPSA) is 78.9 Å². The van der Waals surface area contributed by atoms with Gasteiger partial charge in [0.2, 0.25) is 0 Å². The molecule has 6 heteroatoms. The predicted octanol–water partition coefficient (Wildman–Crippen LogP) is 23.2. The number of ether oxygens (including phenoxy) is 3. The van der Waals surface area contributed by atoms with Gasteiger partial charge < -0.3 is 14.2 Å². The van der Waals surface area contributed by atoms with Crippen molar-refractivity contribution in [1.29, 1.82) is 0 Å². The molecule has 0 aliphatic rings. The maximum absolute atomic E-state index is 12.9. The molecule has 0 N–H and O–H groups in total. The first-order valence-corrected chi connectivity index (χ1v) is 33.5. The Hall–Kier alpha value is -4.19. The second-order valence-electron chi connectivity index (χ2n) is 22.0. The summed E-state index contributed by atoms with van der Waals surface area (Å²) in [5, 5.41) is 0. The Balaban J connectivity index is 4.21. The van der Waals surface area contributed by atoms with E-state index in [-0.39, 0.29) is 31.1 Å². The lowest BCUT2D eigenvalue weighted by atomic mass is 10.0.